The Morgan fingerprint density at radius 2 is 1.80 bits per heavy atom. The summed E-state index contributed by atoms with van der Waals surface area (Å²) in [4.78, 5) is 0. The molecular weight excluding hydrogens is 209 g/mol. The third-order valence-electron chi connectivity index (χ3n) is 1.70. The van der Waals surface area contributed by atoms with Gasteiger partial charge < -0.3 is 9.47 Å². The molecule has 1 aromatic rings. The van der Waals surface area contributed by atoms with Crippen molar-refractivity contribution < 1.29 is 22.6 Å². The van der Waals surface area contributed by atoms with E-state index in [9.17, 15) is 13.2 Å². The zero-order chi connectivity index (χ0) is 11.3. The van der Waals surface area contributed by atoms with Crippen molar-refractivity contribution in [3.05, 3.63) is 30.3 Å². The highest BCUT2D eigenvalue weighted by molar-refractivity contribution is 5.21. The molecule has 1 unspecified atom stereocenters. The van der Waals surface area contributed by atoms with Crippen LogP contribution in [0.2, 0.25) is 0 Å². The molecule has 1 aromatic carbocycles. The van der Waals surface area contributed by atoms with Gasteiger partial charge in [0.1, 0.15) is 5.75 Å². The Morgan fingerprint density at radius 3 is 2.27 bits per heavy atom. The first-order valence-electron chi connectivity index (χ1n) is 4.31. The zero-order valence-corrected chi connectivity index (χ0v) is 8.12. The van der Waals surface area contributed by atoms with Crippen LogP contribution in [-0.4, -0.2) is 26.0 Å². The van der Waals surface area contributed by atoms with E-state index >= 15 is 0 Å². The number of ether oxygens (including phenoxy) is 2. The predicted molar refractivity (Wildman–Crippen MR) is 48.8 cm³/mol. The van der Waals surface area contributed by atoms with E-state index < -0.39 is 18.9 Å². The maximum Gasteiger partial charge on any atom is 0.427 e. The summed E-state index contributed by atoms with van der Waals surface area (Å²) in [5.41, 5.74) is 0. The van der Waals surface area contributed by atoms with Gasteiger partial charge in [-0.3, -0.25) is 0 Å². The van der Waals surface area contributed by atoms with E-state index in [2.05, 4.69) is 4.74 Å². The number of alkyl halides is 3. The third kappa shape index (κ3) is 3.79. The molecule has 1 rings (SSSR count). The van der Waals surface area contributed by atoms with Gasteiger partial charge >= 0.3 is 6.18 Å². The number of hydrogen-bond donors (Lipinski definition) is 0. The van der Waals surface area contributed by atoms with Gasteiger partial charge in [0, 0.05) is 7.11 Å². The number of methoxy groups -OCH3 is 1. The first-order valence-corrected chi connectivity index (χ1v) is 4.31. The van der Waals surface area contributed by atoms with E-state index in [1.807, 2.05) is 0 Å². The van der Waals surface area contributed by atoms with Crippen LogP contribution in [0.25, 0.3) is 0 Å². The fourth-order valence-corrected chi connectivity index (χ4v) is 1.01. The molecule has 5 heteroatoms. The third-order valence-corrected chi connectivity index (χ3v) is 1.70. The molecule has 0 radical (unpaired) electrons. The zero-order valence-electron chi connectivity index (χ0n) is 8.12. The summed E-state index contributed by atoms with van der Waals surface area (Å²) in [7, 11) is 1.20. The van der Waals surface area contributed by atoms with Gasteiger partial charge in [0.15, 0.2) is 0 Å². The molecule has 0 N–H and O–H groups in total. The first-order chi connectivity index (χ1) is 7.04. The quantitative estimate of drug-likeness (QED) is 0.776. The first kappa shape index (κ1) is 11.8. The van der Waals surface area contributed by atoms with Crippen LogP contribution in [0.3, 0.4) is 0 Å². The van der Waals surface area contributed by atoms with E-state index in [-0.39, 0.29) is 5.75 Å². The lowest BCUT2D eigenvalue weighted by atomic mass is 10.3. The SMILES string of the molecule is COCC(Oc1ccccc1)C(F)(F)F. The van der Waals surface area contributed by atoms with E-state index in [0.29, 0.717) is 0 Å². The van der Waals surface area contributed by atoms with Crippen molar-refractivity contribution in [1.82, 2.24) is 0 Å². The highest BCUT2D eigenvalue weighted by atomic mass is 19.4. The van der Waals surface area contributed by atoms with Gasteiger partial charge in [-0.15, -0.1) is 0 Å². The molecule has 1 atom stereocenters. The Labute approximate surface area is 85.6 Å². The summed E-state index contributed by atoms with van der Waals surface area (Å²) in [5, 5.41) is 0. The topological polar surface area (TPSA) is 18.5 Å². The second-order valence-electron chi connectivity index (χ2n) is 2.92. The average Bonchev–Trinajstić information content (AvgIpc) is 2.17. The number of hydrogen-bond acceptors (Lipinski definition) is 2. The van der Waals surface area contributed by atoms with Crippen LogP contribution in [0.15, 0.2) is 30.3 Å². The molecular formula is C10H11F3O2. The average molecular weight is 220 g/mol. The van der Waals surface area contributed by atoms with Crippen LogP contribution < -0.4 is 4.74 Å². The van der Waals surface area contributed by atoms with Crippen LogP contribution in [0, 0.1) is 0 Å². The van der Waals surface area contributed by atoms with Gasteiger partial charge in [-0.1, -0.05) is 18.2 Å². The maximum atomic E-state index is 12.4. The Hall–Kier alpha value is -1.23. The monoisotopic (exact) mass is 220 g/mol. The van der Waals surface area contributed by atoms with Crippen LogP contribution in [-0.2, 0) is 4.74 Å². The van der Waals surface area contributed by atoms with Crippen molar-refractivity contribution in [2.24, 2.45) is 0 Å². The predicted octanol–water partition coefficient (Wildman–Crippen LogP) is 2.64. The Bertz CT molecular complexity index is 284. The second-order valence-corrected chi connectivity index (χ2v) is 2.92. The van der Waals surface area contributed by atoms with Gasteiger partial charge in [-0.05, 0) is 12.1 Å². The van der Waals surface area contributed by atoms with Crippen molar-refractivity contribution in [3.8, 4) is 5.75 Å². The van der Waals surface area contributed by atoms with E-state index in [1.165, 1.54) is 19.2 Å². The second kappa shape index (κ2) is 5.02. The lowest BCUT2D eigenvalue weighted by Crippen LogP contribution is -2.38. The molecule has 0 aromatic heterocycles. The Kier molecular flexibility index (Phi) is 3.96. The Balaban J connectivity index is 2.67. The molecule has 0 spiro atoms. The number of halogens is 3. The molecule has 15 heavy (non-hydrogen) atoms. The minimum Gasteiger partial charge on any atom is -0.478 e. The molecule has 0 aliphatic carbocycles. The number of para-hydroxylation sites is 1. The largest absolute Gasteiger partial charge is 0.478 e. The molecule has 0 heterocycles. The Morgan fingerprint density at radius 1 is 1.20 bits per heavy atom. The molecule has 84 valence electrons. The molecule has 0 bridgehead atoms. The summed E-state index contributed by atoms with van der Waals surface area (Å²) >= 11 is 0. The van der Waals surface area contributed by atoms with Gasteiger partial charge in [0.25, 0.3) is 0 Å². The summed E-state index contributed by atoms with van der Waals surface area (Å²) in [5.74, 6) is 0.178. The lowest BCUT2D eigenvalue weighted by molar-refractivity contribution is -0.206. The molecule has 0 amide bonds. The van der Waals surface area contributed by atoms with E-state index in [1.54, 1.807) is 18.2 Å². The molecule has 0 aliphatic rings. The maximum absolute atomic E-state index is 12.4. The van der Waals surface area contributed by atoms with Gasteiger partial charge in [0.05, 0.1) is 6.61 Å². The fraction of sp³-hybridized carbons (Fsp3) is 0.400. The summed E-state index contributed by atoms with van der Waals surface area (Å²) in [6.07, 6.45) is -6.35. The van der Waals surface area contributed by atoms with E-state index in [0.717, 1.165) is 0 Å². The summed E-state index contributed by atoms with van der Waals surface area (Å²) < 4.78 is 46.4. The van der Waals surface area contributed by atoms with Gasteiger partial charge in [-0.25, -0.2) is 0 Å². The van der Waals surface area contributed by atoms with Gasteiger partial charge in [0.2, 0.25) is 6.10 Å². The highest BCUT2D eigenvalue weighted by Crippen LogP contribution is 2.25. The van der Waals surface area contributed by atoms with Gasteiger partial charge in [-0.2, -0.15) is 13.2 Å². The van der Waals surface area contributed by atoms with Crippen molar-refractivity contribution >= 4 is 0 Å². The molecule has 0 saturated carbocycles. The molecule has 0 saturated heterocycles. The number of benzene rings is 1. The van der Waals surface area contributed by atoms with Crippen LogP contribution in [0.4, 0.5) is 13.2 Å². The van der Waals surface area contributed by atoms with Crippen molar-refractivity contribution in [2.45, 2.75) is 12.3 Å². The van der Waals surface area contributed by atoms with Crippen LogP contribution in [0.1, 0.15) is 0 Å². The van der Waals surface area contributed by atoms with Crippen LogP contribution in [0.5, 0.6) is 5.75 Å². The minimum atomic E-state index is -4.42. The van der Waals surface area contributed by atoms with Crippen LogP contribution >= 0.6 is 0 Å². The fourth-order valence-electron chi connectivity index (χ4n) is 1.01. The summed E-state index contributed by atoms with van der Waals surface area (Å²) in [6, 6.07) is 7.85. The van der Waals surface area contributed by atoms with E-state index in [4.69, 9.17) is 4.74 Å². The normalized spacial score (nSPS) is 13.6. The van der Waals surface area contributed by atoms with Crippen molar-refractivity contribution in [3.63, 3.8) is 0 Å². The smallest absolute Gasteiger partial charge is 0.427 e. The standard InChI is InChI=1S/C10H11F3O2/c1-14-7-9(10(11,12)13)15-8-5-3-2-4-6-8/h2-6,9H,7H2,1H3. The van der Waals surface area contributed by atoms with Crippen molar-refractivity contribution in [2.75, 3.05) is 13.7 Å². The van der Waals surface area contributed by atoms with Crippen molar-refractivity contribution in [1.29, 1.82) is 0 Å². The summed E-state index contributed by atoms with van der Waals surface area (Å²) in [6.45, 7) is -0.515. The minimum absolute atomic E-state index is 0.178. The highest BCUT2D eigenvalue weighted by Gasteiger charge is 2.41. The molecule has 0 fully saturated rings. The number of rotatable bonds is 4. The molecule has 2 nitrogen and oxygen atoms in total. The molecule has 0 aliphatic heterocycles. The lowest BCUT2D eigenvalue weighted by Gasteiger charge is -2.20.